The van der Waals surface area contributed by atoms with Crippen LogP contribution in [-0.4, -0.2) is 23.7 Å². The standard InChI is InChI=1S/C13H12ClFN2OS/c1-17(7-9-2-4-10(15)5-3-9)13-16-11(8-19-13)12(18)6-14/h2-5,8H,6-7H2,1H3. The average molecular weight is 299 g/mol. The molecule has 0 aliphatic rings. The van der Waals surface area contributed by atoms with Gasteiger partial charge in [-0.1, -0.05) is 12.1 Å². The molecule has 19 heavy (non-hydrogen) atoms. The largest absolute Gasteiger partial charge is 0.347 e. The molecule has 0 bridgehead atoms. The molecule has 0 atom stereocenters. The number of nitrogens with zero attached hydrogens (tertiary/aromatic N) is 2. The summed E-state index contributed by atoms with van der Waals surface area (Å²) in [6.07, 6.45) is 0. The van der Waals surface area contributed by atoms with E-state index in [1.54, 1.807) is 17.5 Å². The molecule has 1 aromatic carbocycles. The van der Waals surface area contributed by atoms with Gasteiger partial charge in [0.1, 0.15) is 11.5 Å². The molecule has 0 saturated carbocycles. The zero-order valence-corrected chi connectivity index (χ0v) is 11.8. The second kappa shape index (κ2) is 6.12. The van der Waals surface area contributed by atoms with Gasteiger partial charge in [-0.3, -0.25) is 4.79 Å². The normalized spacial score (nSPS) is 10.5. The smallest absolute Gasteiger partial charge is 0.196 e. The minimum atomic E-state index is -0.254. The molecule has 0 saturated heterocycles. The van der Waals surface area contributed by atoms with Crippen molar-refractivity contribution in [1.29, 1.82) is 0 Å². The summed E-state index contributed by atoms with van der Waals surface area (Å²) < 4.78 is 12.8. The van der Waals surface area contributed by atoms with Crippen LogP contribution in [0.25, 0.3) is 0 Å². The second-order valence-corrected chi connectivity index (χ2v) is 5.16. The first kappa shape index (κ1) is 14.0. The van der Waals surface area contributed by atoms with Crippen molar-refractivity contribution < 1.29 is 9.18 Å². The molecule has 2 aromatic rings. The number of thiazole rings is 1. The maximum atomic E-state index is 12.8. The number of alkyl halides is 1. The fourth-order valence-electron chi connectivity index (χ4n) is 1.57. The van der Waals surface area contributed by atoms with Crippen LogP contribution in [0, 0.1) is 5.82 Å². The van der Waals surface area contributed by atoms with Gasteiger partial charge in [-0.05, 0) is 17.7 Å². The van der Waals surface area contributed by atoms with Gasteiger partial charge in [-0.25, -0.2) is 9.37 Å². The molecule has 6 heteroatoms. The number of halogens is 2. The second-order valence-electron chi connectivity index (χ2n) is 4.05. The van der Waals surface area contributed by atoms with E-state index in [9.17, 15) is 9.18 Å². The zero-order valence-electron chi connectivity index (χ0n) is 10.3. The number of anilines is 1. The third-order valence-corrected chi connectivity index (χ3v) is 3.76. The van der Waals surface area contributed by atoms with Gasteiger partial charge < -0.3 is 4.90 Å². The summed E-state index contributed by atoms with van der Waals surface area (Å²) in [6, 6.07) is 6.30. The van der Waals surface area contributed by atoms with Crippen LogP contribution in [0.2, 0.25) is 0 Å². The Morgan fingerprint density at radius 3 is 2.74 bits per heavy atom. The molecule has 3 nitrogen and oxygen atoms in total. The lowest BCUT2D eigenvalue weighted by molar-refractivity contribution is 0.101. The Hall–Kier alpha value is -1.46. The molecular weight excluding hydrogens is 287 g/mol. The number of aromatic nitrogens is 1. The minimum Gasteiger partial charge on any atom is -0.347 e. The van der Waals surface area contributed by atoms with Gasteiger partial charge in [-0.2, -0.15) is 0 Å². The van der Waals surface area contributed by atoms with E-state index in [1.165, 1.54) is 23.5 Å². The fraction of sp³-hybridized carbons (Fsp3) is 0.231. The third-order valence-electron chi connectivity index (χ3n) is 2.56. The summed E-state index contributed by atoms with van der Waals surface area (Å²) in [4.78, 5) is 17.5. The molecule has 2 rings (SSSR count). The summed E-state index contributed by atoms with van der Waals surface area (Å²) in [5.41, 5.74) is 1.37. The highest BCUT2D eigenvalue weighted by atomic mass is 35.5. The Balaban J connectivity index is 2.07. The van der Waals surface area contributed by atoms with Gasteiger partial charge in [0.2, 0.25) is 0 Å². The molecule has 1 aromatic heterocycles. The number of Topliss-reactive ketones (excluding diaryl/α,β-unsaturated/α-hetero) is 1. The van der Waals surface area contributed by atoms with Crippen LogP contribution in [0.4, 0.5) is 9.52 Å². The molecule has 0 aliphatic carbocycles. The topological polar surface area (TPSA) is 33.2 Å². The summed E-state index contributed by atoms with van der Waals surface area (Å²) in [5, 5.41) is 2.43. The summed E-state index contributed by atoms with van der Waals surface area (Å²) in [6.45, 7) is 0.600. The number of rotatable bonds is 5. The Morgan fingerprint density at radius 1 is 1.42 bits per heavy atom. The van der Waals surface area contributed by atoms with Gasteiger partial charge in [-0.15, -0.1) is 22.9 Å². The van der Waals surface area contributed by atoms with E-state index in [0.29, 0.717) is 12.2 Å². The van der Waals surface area contributed by atoms with Crippen LogP contribution in [-0.2, 0) is 6.54 Å². The summed E-state index contributed by atoms with van der Waals surface area (Å²) >= 11 is 6.87. The van der Waals surface area contributed by atoms with Gasteiger partial charge in [0.15, 0.2) is 10.9 Å². The van der Waals surface area contributed by atoms with Crippen molar-refractivity contribution in [3.05, 3.63) is 46.7 Å². The van der Waals surface area contributed by atoms with Crippen LogP contribution in [0.5, 0.6) is 0 Å². The van der Waals surface area contributed by atoms with E-state index in [1.807, 2.05) is 11.9 Å². The van der Waals surface area contributed by atoms with Crippen molar-refractivity contribution >= 4 is 33.9 Å². The van der Waals surface area contributed by atoms with E-state index in [2.05, 4.69) is 4.98 Å². The molecule has 0 unspecified atom stereocenters. The first-order valence-corrected chi connectivity index (χ1v) is 7.02. The Morgan fingerprint density at radius 2 is 2.11 bits per heavy atom. The number of ketones is 1. The number of carbonyl (C=O) groups is 1. The highest BCUT2D eigenvalue weighted by molar-refractivity contribution is 7.13. The van der Waals surface area contributed by atoms with Crippen molar-refractivity contribution in [3.63, 3.8) is 0 Å². The van der Waals surface area contributed by atoms with Crippen molar-refractivity contribution in [3.8, 4) is 0 Å². The predicted octanol–water partition coefficient (Wildman–Crippen LogP) is 3.34. The first-order chi connectivity index (χ1) is 9.10. The molecular formula is C13H12ClFN2OS. The predicted molar refractivity (Wildman–Crippen MR) is 75.7 cm³/mol. The lowest BCUT2D eigenvalue weighted by Crippen LogP contribution is -2.16. The highest BCUT2D eigenvalue weighted by Crippen LogP contribution is 2.21. The highest BCUT2D eigenvalue weighted by Gasteiger charge is 2.12. The summed E-state index contributed by atoms with van der Waals surface area (Å²) in [5.74, 6) is -0.500. The Kier molecular flexibility index (Phi) is 4.50. The van der Waals surface area contributed by atoms with E-state index >= 15 is 0 Å². The zero-order chi connectivity index (χ0) is 13.8. The maximum Gasteiger partial charge on any atom is 0.196 e. The number of hydrogen-bond donors (Lipinski definition) is 0. The average Bonchev–Trinajstić information content (AvgIpc) is 2.90. The third kappa shape index (κ3) is 3.52. The van der Waals surface area contributed by atoms with Crippen LogP contribution in [0.15, 0.2) is 29.6 Å². The Bertz CT molecular complexity index is 570. The maximum absolute atomic E-state index is 12.8. The van der Waals surface area contributed by atoms with E-state index < -0.39 is 0 Å². The van der Waals surface area contributed by atoms with Crippen LogP contribution in [0.1, 0.15) is 16.1 Å². The molecule has 0 N–H and O–H groups in total. The van der Waals surface area contributed by atoms with Crippen molar-refractivity contribution in [2.75, 3.05) is 17.8 Å². The molecule has 0 aliphatic heterocycles. The SMILES string of the molecule is CN(Cc1ccc(F)cc1)c1nc(C(=O)CCl)cs1. The molecule has 0 fully saturated rings. The lowest BCUT2D eigenvalue weighted by Gasteiger charge is -2.15. The summed E-state index contributed by atoms with van der Waals surface area (Å²) in [7, 11) is 1.87. The molecule has 0 spiro atoms. The number of carbonyl (C=O) groups excluding carboxylic acids is 1. The van der Waals surface area contributed by atoms with Crippen molar-refractivity contribution in [1.82, 2.24) is 4.98 Å². The van der Waals surface area contributed by atoms with Crippen molar-refractivity contribution in [2.24, 2.45) is 0 Å². The lowest BCUT2D eigenvalue weighted by atomic mass is 10.2. The van der Waals surface area contributed by atoms with Gasteiger partial charge in [0.25, 0.3) is 0 Å². The van der Waals surface area contributed by atoms with Crippen molar-refractivity contribution in [2.45, 2.75) is 6.54 Å². The number of hydrogen-bond acceptors (Lipinski definition) is 4. The van der Waals surface area contributed by atoms with Crippen LogP contribution in [0.3, 0.4) is 0 Å². The Labute approximate surface area is 119 Å². The van der Waals surface area contributed by atoms with Crippen LogP contribution >= 0.6 is 22.9 Å². The fourth-order valence-corrected chi connectivity index (χ4v) is 2.50. The molecule has 1 heterocycles. The quantitative estimate of drug-likeness (QED) is 0.627. The van der Waals surface area contributed by atoms with Gasteiger partial charge in [0.05, 0.1) is 5.88 Å². The number of benzene rings is 1. The monoisotopic (exact) mass is 298 g/mol. The molecule has 0 radical (unpaired) electrons. The van der Waals surface area contributed by atoms with Gasteiger partial charge >= 0.3 is 0 Å². The van der Waals surface area contributed by atoms with E-state index in [-0.39, 0.29) is 17.5 Å². The van der Waals surface area contributed by atoms with Crippen LogP contribution < -0.4 is 4.90 Å². The molecule has 100 valence electrons. The minimum absolute atomic E-state index is 0.0646. The van der Waals surface area contributed by atoms with Gasteiger partial charge in [0, 0.05) is 19.0 Å². The van der Waals surface area contributed by atoms with E-state index in [4.69, 9.17) is 11.6 Å². The first-order valence-electron chi connectivity index (χ1n) is 5.60. The van der Waals surface area contributed by atoms with E-state index in [0.717, 1.165) is 10.7 Å². The molecule has 0 amide bonds.